The molecule has 0 atom stereocenters. The van der Waals surface area contributed by atoms with Crippen molar-refractivity contribution in [2.24, 2.45) is 0 Å². The molecule has 10 heteroatoms. The normalized spacial score (nSPS) is 16.4. The highest BCUT2D eigenvalue weighted by atomic mass is 35.5. The molecule has 2 aromatic rings. The van der Waals surface area contributed by atoms with Crippen molar-refractivity contribution < 1.29 is 21.6 Å². The SMILES string of the molecule is CC(C)(C)c1nn(C2CCCC2)cc1S(=O)(=O)Nc1cc(C(F)(F)F)ccc1Cl. The van der Waals surface area contributed by atoms with Crippen molar-refractivity contribution >= 4 is 27.3 Å². The van der Waals surface area contributed by atoms with E-state index in [-0.39, 0.29) is 21.6 Å². The molecule has 0 bridgehead atoms. The second-order valence-electron chi connectivity index (χ2n) is 8.31. The number of anilines is 1. The van der Waals surface area contributed by atoms with Crippen LogP contribution in [0.4, 0.5) is 18.9 Å². The van der Waals surface area contributed by atoms with E-state index in [9.17, 15) is 21.6 Å². The number of nitrogens with one attached hydrogen (secondary N) is 1. The number of hydrogen-bond donors (Lipinski definition) is 1. The van der Waals surface area contributed by atoms with Crippen LogP contribution in [0.5, 0.6) is 0 Å². The van der Waals surface area contributed by atoms with Crippen molar-refractivity contribution in [1.29, 1.82) is 0 Å². The molecule has 0 unspecified atom stereocenters. The van der Waals surface area contributed by atoms with Crippen LogP contribution in [-0.2, 0) is 21.6 Å². The van der Waals surface area contributed by atoms with Crippen LogP contribution in [0.3, 0.4) is 0 Å². The Kier molecular flexibility index (Phi) is 5.68. The van der Waals surface area contributed by atoms with Gasteiger partial charge in [-0.2, -0.15) is 18.3 Å². The Morgan fingerprint density at radius 1 is 1.17 bits per heavy atom. The average Bonchev–Trinajstić information content (AvgIpc) is 3.24. The number of halogens is 4. The first-order chi connectivity index (χ1) is 13.3. The molecule has 1 N–H and O–H groups in total. The molecule has 0 spiro atoms. The molecule has 0 amide bonds. The Labute approximate surface area is 173 Å². The van der Waals surface area contributed by atoms with Crippen LogP contribution in [0.2, 0.25) is 5.02 Å². The largest absolute Gasteiger partial charge is 0.416 e. The number of alkyl halides is 3. The molecule has 1 fully saturated rings. The molecule has 29 heavy (non-hydrogen) atoms. The Bertz CT molecular complexity index is 1000. The van der Waals surface area contributed by atoms with E-state index in [1.807, 2.05) is 20.8 Å². The first-order valence-electron chi connectivity index (χ1n) is 9.28. The standard InChI is InChI=1S/C19H23ClF3N3O2S/c1-18(2,3)17-16(11-26(24-17)13-6-4-5-7-13)29(27,28)25-15-10-12(19(21,22)23)8-9-14(15)20/h8-11,13,25H,4-7H2,1-3H3. The van der Waals surface area contributed by atoms with Crippen molar-refractivity contribution in [2.75, 3.05) is 4.72 Å². The quantitative estimate of drug-likeness (QED) is 0.644. The summed E-state index contributed by atoms with van der Waals surface area (Å²) in [6, 6.07) is 2.64. The van der Waals surface area contributed by atoms with Gasteiger partial charge < -0.3 is 0 Å². The van der Waals surface area contributed by atoms with Crippen LogP contribution in [0.15, 0.2) is 29.3 Å². The lowest BCUT2D eigenvalue weighted by Gasteiger charge is -2.18. The van der Waals surface area contributed by atoms with Gasteiger partial charge in [0.25, 0.3) is 10.0 Å². The monoisotopic (exact) mass is 449 g/mol. The summed E-state index contributed by atoms with van der Waals surface area (Å²) < 4.78 is 69.2. The number of benzene rings is 1. The van der Waals surface area contributed by atoms with Crippen LogP contribution in [0, 0.1) is 0 Å². The third-order valence-corrected chi connectivity index (χ3v) is 6.63. The highest BCUT2D eigenvalue weighted by Crippen LogP contribution is 2.37. The molecule has 1 aliphatic rings. The lowest BCUT2D eigenvalue weighted by Crippen LogP contribution is -2.21. The number of rotatable bonds is 4. The van der Waals surface area contributed by atoms with Gasteiger partial charge in [0.2, 0.25) is 0 Å². The summed E-state index contributed by atoms with van der Waals surface area (Å²) in [5.41, 5.74) is -1.53. The fourth-order valence-corrected chi connectivity index (χ4v) is 5.06. The summed E-state index contributed by atoms with van der Waals surface area (Å²) in [6.07, 6.45) is 0.787. The Morgan fingerprint density at radius 2 is 1.79 bits per heavy atom. The Morgan fingerprint density at radius 3 is 2.34 bits per heavy atom. The van der Waals surface area contributed by atoms with Crippen LogP contribution >= 0.6 is 11.6 Å². The van der Waals surface area contributed by atoms with Crippen LogP contribution in [-0.4, -0.2) is 18.2 Å². The van der Waals surface area contributed by atoms with Gasteiger partial charge in [-0.3, -0.25) is 9.40 Å². The topological polar surface area (TPSA) is 64.0 Å². The summed E-state index contributed by atoms with van der Waals surface area (Å²) in [6.45, 7) is 5.51. The molecule has 1 heterocycles. The average molecular weight is 450 g/mol. The van der Waals surface area contributed by atoms with E-state index in [4.69, 9.17) is 11.6 Å². The van der Waals surface area contributed by atoms with E-state index in [1.165, 1.54) is 6.20 Å². The van der Waals surface area contributed by atoms with Crippen LogP contribution in [0.25, 0.3) is 0 Å². The summed E-state index contributed by atoms with van der Waals surface area (Å²) in [5.74, 6) is 0. The van der Waals surface area contributed by atoms with Gasteiger partial charge in [-0.1, -0.05) is 45.2 Å². The third-order valence-electron chi connectivity index (χ3n) is 4.94. The molecule has 0 radical (unpaired) electrons. The van der Waals surface area contributed by atoms with Gasteiger partial charge in [-0.15, -0.1) is 0 Å². The molecule has 3 rings (SSSR count). The van der Waals surface area contributed by atoms with Gasteiger partial charge in [0.05, 0.1) is 28.0 Å². The molecule has 0 aliphatic heterocycles. The van der Waals surface area contributed by atoms with Crippen molar-refractivity contribution in [1.82, 2.24) is 9.78 Å². The predicted octanol–water partition coefficient (Wildman–Crippen LogP) is 5.77. The number of aromatic nitrogens is 2. The van der Waals surface area contributed by atoms with Crippen LogP contribution in [0.1, 0.15) is 63.8 Å². The minimum atomic E-state index is -4.62. The summed E-state index contributed by atoms with van der Waals surface area (Å²) in [4.78, 5) is -0.0506. The predicted molar refractivity (Wildman–Crippen MR) is 106 cm³/mol. The molecule has 1 aromatic heterocycles. The lowest BCUT2D eigenvalue weighted by atomic mass is 9.92. The minimum Gasteiger partial charge on any atom is -0.278 e. The van der Waals surface area contributed by atoms with Crippen molar-refractivity contribution in [3.05, 3.63) is 40.7 Å². The third kappa shape index (κ3) is 4.71. The maximum Gasteiger partial charge on any atom is 0.416 e. The first-order valence-corrected chi connectivity index (χ1v) is 11.1. The molecule has 1 aromatic carbocycles. The van der Waals surface area contributed by atoms with E-state index < -0.39 is 27.2 Å². The molecule has 1 aliphatic carbocycles. The van der Waals surface area contributed by atoms with E-state index >= 15 is 0 Å². The van der Waals surface area contributed by atoms with Gasteiger partial charge in [0.15, 0.2) is 0 Å². The smallest absolute Gasteiger partial charge is 0.278 e. The van der Waals surface area contributed by atoms with Crippen molar-refractivity contribution in [2.45, 2.75) is 69.0 Å². The highest BCUT2D eigenvalue weighted by Gasteiger charge is 2.34. The number of sulfonamides is 1. The van der Waals surface area contributed by atoms with Gasteiger partial charge in [-0.25, -0.2) is 8.42 Å². The zero-order valence-corrected chi connectivity index (χ0v) is 17.9. The van der Waals surface area contributed by atoms with E-state index in [0.29, 0.717) is 11.8 Å². The Balaban J connectivity index is 2.03. The number of nitrogens with zero attached hydrogens (tertiary/aromatic N) is 2. The van der Waals surface area contributed by atoms with Gasteiger partial charge in [-0.05, 0) is 31.0 Å². The molecule has 5 nitrogen and oxygen atoms in total. The highest BCUT2D eigenvalue weighted by molar-refractivity contribution is 7.92. The second kappa shape index (κ2) is 7.50. The van der Waals surface area contributed by atoms with Gasteiger partial charge in [0.1, 0.15) is 4.90 Å². The summed E-state index contributed by atoms with van der Waals surface area (Å²) in [5, 5.41) is 4.41. The minimum absolute atomic E-state index is 0.0506. The zero-order chi connectivity index (χ0) is 21.6. The van der Waals surface area contributed by atoms with E-state index in [2.05, 4.69) is 9.82 Å². The fraction of sp³-hybridized carbons (Fsp3) is 0.526. The van der Waals surface area contributed by atoms with Crippen LogP contribution < -0.4 is 4.72 Å². The van der Waals surface area contributed by atoms with Gasteiger partial charge >= 0.3 is 6.18 Å². The summed E-state index contributed by atoms with van der Waals surface area (Å²) in [7, 11) is -4.21. The fourth-order valence-electron chi connectivity index (χ4n) is 3.43. The van der Waals surface area contributed by atoms with Crippen molar-refractivity contribution in [3.63, 3.8) is 0 Å². The second-order valence-corrected chi connectivity index (χ2v) is 10.4. The number of hydrogen-bond acceptors (Lipinski definition) is 3. The summed E-state index contributed by atoms with van der Waals surface area (Å²) >= 11 is 5.96. The zero-order valence-electron chi connectivity index (χ0n) is 16.3. The Hall–Kier alpha value is -1.74. The lowest BCUT2D eigenvalue weighted by molar-refractivity contribution is -0.137. The molecular weight excluding hydrogens is 427 g/mol. The maximum absolute atomic E-state index is 13.1. The maximum atomic E-state index is 13.1. The van der Waals surface area contributed by atoms with E-state index in [0.717, 1.165) is 37.8 Å². The van der Waals surface area contributed by atoms with Gasteiger partial charge in [0, 0.05) is 11.6 Å². The van der Waals surface area contributed by atoms with E-state index in [1.54, 1.807) is 4.68 Å². The molecule has 0 saturated heterocycles. The van der Waals surface area contributed by atoms with Crippen molar-refractivity contribution in [3.8, 4) is 0 Å². The molecule has 1 saturated carbocycles. The molecule has 160 valence electrons. The first kappa shape index (κ1) is 22.0. The molecular formula is C19H23ClF3N3O2S.